The maximum Gasteiger partial charge on any atom is 0.170 e. The molecule has 0 fully saturated rings. The number of unbranched alkanes of at least 4 members (excludes halogenated alkanes) is 2. The van der Waals surface area contributed by atoms with Crippen LogP contribution in [0.3, 0.4) is 0 Å². The number of Topliss-reactive ketones (excluding diaryl/α,β-unsaturated/α-hetero) is 1. The molecule has 0 saturated heterocycles. The molecule has 2 rings (SSSR count). The van der Waals surface area contributed by atoms with Crippen molar-refractivity contribution < 1.29 is 4.79 Å². The lowest BCUT2D eigenvalue weighted by Crippen LogP contribution is -2.12. The van der Waals surface area contributed by atoms with Crippen LogP contribution in [0.25, 0.3) is 0 Å². The predicted molar refractivity (Wildman–Crippen MR) is 93.5 cm³/mol. The molecule has 2 aromatic rings. The average molecular weight is 294 g/mol. The second-order valence-corrected chi connectivity index (χ2v) is 5.89. The summed E-state index contributed by atoms with van der Waals surface area (Å²) in [5, 5.41) is 0. The topological polar surface area (TPSA) is 17.1 Å². The van der Waals surface area contributed by atoms with E-state index in [9.17, 15) is 4.79 Å². The second-order valence-electron chi connectivity index (χ2n) is 5.89. The van der Waals surface area contributed by atoms with Crippen molar-refractivity contribution in [3.8, 4) is 0 Å². The number of benzene rings is 2. The molecule has 0 spiro atoms. The molecule has 22 heavy (non-hydrogen) atoms. The standard InChI is InChI=1S/C21H26O/c1-3-5-7-10-17-13-15-19(16-14-17)21(22)20(4-2)18-11-8-6-9-12-18/h6,8-9,11-16,20H,3-5,7,10H2,1-2H3. The average Bonchev–Trinajstić information content (AvgIpc) is 2.57. The second kappa shape index (κ2) is 8.53. The smallest absolute Gasteiger partial charge is 0.170 e. The molecule has 0 amide bonds. The molecule has 0 saturated carbocycles. The van der Waals surface area contributed by atoms with Gasteiger partial charge in [-0.3, -0.25) is 4.79 Å². The van der Waals surface area contributed by atoms with E-state index in [1.165, 1.54) is 24.8 Å². The lowest BCUT2D eigenvalue weighted by atomic mass is 9.88. The summed E-state index contributed by atoms with van der Waals surface area (Å²) in [6.45, 7) is 4.30. The first kappa shape index (κ1) is 16.5. The van der Waals surface area contributed by atoms with Gasteiger partial charge < -0.3 is 0 Å². The van der Waals surface area contributed by atoms with Crippen LogP contribution in [0, 0.1) is 0 Å². The minimum absolute atomic E-state index is 0.0351. The van der Waals surface area contributed by atoms with Crippen LogP contribution in [0.15, 0.2) is 54.6 Å². The zero-order chi connectivity index (χ0) is 15.8. The van der Waals surface area contributed by atoms with Crippen LogP contribution < -0.4 is 0 Å². The summed E-state index contributed by atoms with van der Waals surface area (Å²) in [6.07, 6.45) is 5.68. The molecule has 1 nitrogen and oxygen atoms in total. The van der Waals surface area contributed by atoms with Gasteiger partial charge in [-0.25, -0.2) is 0 Å². The van der Waals surface area contributed by atoms with Crippen LogP contribution in [0.5, 0.6) is 0 Å². The highest BCUT2D eigenvalue weighted by molar-refractivity contribution is 6.00. The van der Waals surface area contributed by atoms with E-state index in [-0.39, 0.29) is 11.7 Å². The third-order valence-electron chi connectivity index (χ3n) is 4.23. The van der Waals surface area contributed by atoms with E-state index in [4.69, 9.17) is 0 Å². The van der Waals surface area contributed by atoms with Crippen molar-refractivity contribution in [1.82, 2.24) is 0 Å². The zero-order valence-corrected chi connectivity index (χ0v) is 13.7. The van der Waals surface area contributed by atoms with E-state index in [1.54, 1.807) is 0 Å². The van der Waals surface area contributed by atoms with Crippen molar-refractivity contribution in [3.05, 3.63) is 71.3 Å². The Morgan fingerprint density at radius 1 is 0.909 bits per heavy atom. The molecule has 0 aliphatic rings. The van der Waals surface area contributed by atoms with Gasteiger partial charge >= 0.3 is 0 Å². The van der Waals surface area contributed by atoms with E-state index in [2.05, 4.69) is 26.0 Å². The lowest BCUT2D eigenvalue weighted by Gasteiger charge is -2.14. The molecule has 2 aromatic carbocycles. The summed E-state index contributed by atoms with van der Waals surface area (Å²) >= 11 is 0. The van der Waals surface area contributed by atoms with Crippen LogP contribution in [0.2, 0.25) is 0 Å². The van der Waals surface area contributed by atoms with Crippen LogP contribution in [-0.4, -0.2) is 5.78 Å². The van der Waals surface area contributed by atoms with E-state index in [0.29, 0.717) is 0 Å². The molecule has 0 radical (unpaired) electrons. The van der Waals surface area contributed by atoms with Gasteiger partial charge in [0.25, 0.3) is 0 Å². The molecule has 1 atom stereocenters. The monoisotopic (exact) mass is 294 g/mol. The van der Waals surface area contributed by atoms with Gasteiger partial charge in [0.2, 0.25) is 0 Å². The highest BCUT2D eigenvalue weighted by Gasteiger charge is 2.19. The Kier molecular flexibility index (Phi) is 6.39. The van der Waals surface area contributed by atoms with Crippen molar-refractivity contribution in [1.29, 1.82) is 0 Å². The van der Waals surface area contributed by atoms with Crippen molar-refractivity contribution in [2.45, 2.75) is 51.9 Å². The van der Waals surface area contributed by atoms with Crippen molar-refractivity contribution in [2.75, 3.05) is 0 Å². The molecule has 0 bridgehead atoms. The van der Waals surface area contributed by atoms with Gasteiger partial charge in [0.15, 0.2) is 5.78 Å². The van der Waals surface area contributed by atoms with Crippen LogP contribution in [0.4, 0.5) is 0 Å². The summed E-state index contributed by atoms with van der Waals surface area (Å²) in [6, 6.07) is 18.3. The SMILES string of the molecule is CCCCCc1ccc(C(=O)C(CC)c2ccccc2)cc1. The number of ketones is 1. The molecule has 1 heteroatoms. The molecule has 0 aliphatic carbocycles. The molecule has 0 aromatic heterocycles. The van der Waals surface area contributed by atoms with Gasteiger partial charge in [0.05, 0.1) is 0 Å². The predicted octanol–water partition coefficient (Wildman–Crippen LogP) is 5.80. The fraction of sp³-hybridized carbons (Fsp3) is 0.381. The highest BCUT2D eigenvalue weighted by atomic mass is 16.1. The molecular formula is C21H26O. The van der Waals surface area contributed by atoms with Crippen LogP contribution >= 0.6 is 0 Å². The Hall–Kier alpha value is -1.89. The largest absolute Gasteiger partial charge is 0.293 e. The minimum Gasteiger partial charge on any atom is -0.293 e. The first-order valence-electron chi connectivity index (χ1n) is 8.44. The van der Waals surface area contributed by atoms with Gasteiger partial charge in [-0.15, -0.1) is 0 Å². The van der Waals surface area contributed by atoms with E-state index < -0.39 is 0 Å². The van der Waals surface area contributed by atoms with Crippen LogP contribution in [0.1, 0.15) is 66.9 Å². The number of carbonyl (C=O) groups excluding carboxylic acids is 1. The van der Waals surface area contributed by atoms with Gasteiger partial charge in [-0.05, 0) is 30.4 Å². The quantitative estimate of drug-likeness (QED) is 0.444. The fourth-order valence-electron chi connectivity index (χ4n) is 2.87. The summed E-state index contributed by atoms with van der Waals surface area (Å²) in [4.78, 5) is 12.7. The molecule has 0 heterocycles. The summed E-state index contributed by atoms with van der Waals surface area (Å²) in [5.74, 6) is 0.195. The Labute approximate surface area is 134 Å². The normalized spacial score (nSPS) is 12.1. The van der Waals surface area contributed by atoms with E-state index in [1.807, 2.05) is 42.5 Å². The number of aryl methyl sites for hydroxylation is 1. The molecule has 0 N–H and O–H groups in total. The van der Waals surface area contributed by atoms with Gasteiger partial charge in [-0.2, -0.15) is 0 Å². The number of rotatable bonds is 8. The van der Waals surface area contributed by atoms with E-state index >= 15 is 0 Å². The maximum atomic E-state index is 12.7. The van der Waals surface area contributed by atoms with Crippen molar-refractivity contribution >= 4 is 5.78 Å². The van der Waals surface area contributed by atoms with Crippen LogP contribution in [-0.2, 0) is 6.42 Å². The molecular weight excluding hydrogens is 268 g/mol. The Morgan fingerprint density at radius 2 is 1.59 bits per heavy atom. The fourth-order valence-corrected chi connectivity index (χ4v) is 2.87. The third kappa shape index (κ3) is 4.30. The van der Waals surface area contributed by atoms with Gasteiger partial charge in [-0.1, -0.05) is 81.3 Å². The maximum absolute atomic E-state index is 12.7. The number of hydrogen-bond donors (Lipinski definition) is 0. The first-order valence-corrected chi connectivity index (χ1v) is 8.44. The van der Waals surface area contributed by atoms with Gasteiger partial charge in [0, 0.05) is 11.5 Å². The van der Waals surface area contributed by atoms with Crippen molar-refractivity contribution in [2.24, 2.45) is 0 Å². The molecule has 1 unspecified atom stereocenters. The third-order valence-corrected chi connectivity index (χ3v) is 4.23. The summed E-state index contributed by atoms with van der Waals surface area (Å²) < 4.78 is 0. The Morgan fingerprint density at radius 3 is 2.18 bits per heavy atom. The minimum atomic E-state index is -0.0351. The van der Waals surface area contributed by atoms with Crippen molar-refractivity contribution in [3.63, 3.8) is 0 Å². The molecule has 0 aliphatic heterocycles. The summed E-state index contributed by atoms with van der Waals surface area (Å²) in [7, 11) is 0. The highest BCUT2D eigenvalue weighted by Crippen LogP contribution is 2.24. The lowest BCUT2D eigenvalue weighted by molar-refractivity contribution is 0.0957. The Balaban J connectivity index is 2.08. The number of carbonyl (C=O) groups is 1. The number of hydrogen-bond acceptors (Lipinski definition) is 1. The Bertz CT molecular complexity index is 569. The van der Waals surface area contributed by atoms with E-state index in [0.717, 1.165) is 24.0 Å². The zero-order valence-electron chi connectivity index (χ0n) is 13.7. The molecule has 116 valence electrons. The van der Waals surface area contributed by atoms with Gasteiger partial charge in [0.1, 0.15) is 0 Å². The summed E-state index contributed by atoms with van der Waals surface area (Å²) in [5.41, 5.74) is 3.27. The first-order chi connectivity index (χ1) is 10.8.